The van der Waals surface area contributed by atoms with Crippen molar-refractivity contribution in [3.63, 3.8) is 0 Å². The third-order valence-electron chi connectivity index (χ3n) is 5.09. The van der Waals surface area contributed by atoms with E-state index in [4.69, 9.17) is 4.74 Å². The number of benzene rings is 2. The van der Waals surface area contributed by atoms with Crippen LogP contribution in [0, 0.1) is 0 Å². The van der Waals surface area contributed by atoms with Gasteiger partial charge >= 0.3 is 11.9 Å². The molecule has 7 nitrogen and oxygen atoms in total. The number of fused-ring (bicyclic) bond motifs is 1. The maximum Gasteiger partial charge on any atom is 0.416 e. The van der Waals surface area contributed by atoms with Gasteiger partial charge in [0.1, 0.15) is 17.0 Å². The molecule has 4 rings (SSSR count). The van der Waals surface area contributed by atoms with Crippen LogP contribution in [0.4, 0.5) is 18.9 Å². The molecule has 11 heteroatoms. The van der Waals surface area contributed by atoms with Gasteiger partial charge in [-0.25, -0.2) is 4.79 Å². The van der Waals surface area contributed by atoms with Crippen molar-refractivity contribution in [2.75, 3.05) is 12.4 Å². The van der Waals surface area contributed by atoms with Crippen molar-refractivity contribution in [2.24, 2.45) is 0 Å². The molecular formula is C23H18F3N3O4S. The summed E-state index contributed by atoms with van der Waals surface area (Å²) < 4.78 is 46.5. The zero-order chi connectivity index (χ0) is 24.5. The van der Waals surface area contributed by atoms with Crippen LogP contribution in [0.1, 0.15) is 11.1 Å². The van der Waals surface area contributed by atoms with Crippen LogP contribution in [-0.2, 0) is 24.1 Å². The molecule has 0 aliphatic heterocycles. The second-order valence-corrected chi connectivity index (χ2v) is 8.29. The van der Waals surface area contributed by atoms with Crippen LogP contribution in [0.3, 0.4) is 0 Å². The minimum absolute atomic E-state index is 0.0437. The van der Waals surface area contributed by atoms with E-state index in [0.717, 1.165) is 32.6 Å². The Morgan fingerprint density at radius 1 is 1.06 bits per heavy atom. The first kappa shape index (κ1) is 23.3. The number of thiophene rings is 1. The molecule has 1 amide bonds. The van der Waals surface area contributed by atoms with Crippen LogP contribution in [0.5, 0.6) is 5.75 Å². The van der Waals surface area contributed by atoms with Crippen LogP contribution in [-0.4, -0.2) is 22.2 Å². The zero-order valence-electron chi connectivity index (χ0n) is 17.8. The highest BCUT2D eigenvalue weighted by atomic mass is 32.1. The number of halogens is 3. The van der Waals surface area contributed by atoms with Gasteiger partial charge in [0.15, 0.2) is 0 Å². The molecule has 4 aromatic rings. The Hall–Kier alpha value is -3.86. The van der Waals surface area contributed by atoms with Gasteiger partial charge in [-0.15, -0.1) is 11.3 Å². The molecular weight excluding hydrogens is 471 g/mol. The molecule has 34 heavy (non-hydrogen) atoms. The minimum Gasteiger partial charge on any atom is -0.497 e. The molecule has 2 heterocycles. The smallest absolute Gasteiger partial charge is 0.416 e. The highest BCUT2D eigenvalue weighted by molar-refractivity contribution is 7.17. The standard InChI is InChI=1S/C23H18F3N3O4S/c1-33-17-7-2-4-14(10-17)12-29-21(31)20-18(8-9-34-20)28(22(29)32)13-19(30)27-16-6-3-5-15(11-16)23(24,25)26/h2-11H,12-13H2,1H3,(H,27,30). The molecule has 0 bridgehead atoms. The van der Waals surface area contributed by atoms with E-state index in [2.05, 4.69) is 5.32 Å². The summed E-state index contributed by atoms with van der Waals surface area (Å²) in [6.07, 6.45) is -4.56. The molecule has 176 valence electrons. The van der Waals surface area contributed by atoms with E-state index in [-0.39, 0.29) is 22.4 Å². The lowest BCUT2D eigenvalue weighted by Crippen LogP contribution is -2.41. The van der Waals surface area contributed by atoms with Gasteiger partial charge in [-0.1, -0.05) is 18.2 Å². The Kier molecular flexibility index (Phi) is 6.29. The number of carbonyl (C=O) groups is 1. The lowest BCUT2D eigenvalue weighted by Gasteiger charge is -2.13. The van der Waals surface area contributed by atoms with Crippen molar-refractivity contribution >= 4 is 33.1 Å². The molecule has 0 unspecified atom stereocenters. The van der Waals surface area contributed by atoms with Crippen molar-refractivity contribution in [1.82, 2.24) is 9.13 Å². The van der Waals surface area contributed by atoms with E-state index in [1.165, 1.54) is 19.2 Å². The summed E-state index contributed by atoms with van der Waals surface area (Å²) in [7, 11) is 1.50. The van der Waals surface area contributed by atoms with Gasteiger partial charge in [-0.2, -0.15) is 13.2 Å². The van der Waals surface area contributed by atoms with Crippen molar-refractivity contribution in [2.45, 2.75) is 19.3 Å². The van der Waals surface area contributed by atoms with E-state index >= 15 is 0 Å². The van der Waals surface area contributed by atoms with E-state index in [9.17, 15) is 27.6 Å². The first-order valence-corrected chi connectivity index (χ1v) is 10.9. The summed E-state index contributed by atoms with van der Waals surface area (Å²) in [6, 6.07) is 12.6. The Bertz CT molecular complexity index is 1490. The van der Waals surface area contributed by atoms with E-state index < -0.39 is 35.4 Å². The largest absolute Gasteiger partial charge is 0.497 e. The third kappa shape index (κ3) is 4.74. The molecule has 0 fully saturated rings. The van der Waals surface area contributed by atoms with E-state index in [1.54, 1.807) is 35.7 Å². The van der Waals surface area contributed by atoms with Gasteiger partial charge < -0.3 is 10.1 Å². The lowest BCUT2D eigenvalue weighted by molar-refractivity contribution is -0.137. The Morgan fingerprint density at radius 2 is 1.82 bits per heavy atom. The maximum absolute atomic E-state index is 13.2. The monoisotopic (exact) mass is 489 g/mol. The molecule has 0 atom stereocenters. The van der Waals surface area contributed by atoms with Crippen LogP contribution in [0.25, 0.3) is 10.2 Å². The number of amides is 1. The summed E-state index contributed by atoms with van der Waals surface area (Å²) in [5.74, 6) is -0.149. The number of nitrogens with zero attached hydrogens (tertiary/aromatic N) is 2. The summed E-state index contributed by atoms with van der Waals surface area (Å²) in [4.78, 5) is 38.8. The third-order valence-corrected chi connectivity index (χ3v) is 5.98. The Labute approximate surface area is 194 Å². The predicted octanol–water partition coefficient (Wildman–Crippen LogP) is 3.94. The number of alkyl halides is 3. The molecule has 0 aliphatic carbocycles. The summed E-state index contributed by atoms with van der Waals surface area (Å²) in [6.45, 7) is -0.529. The van der Waals surface area contributed by atoms with Crippen molar-refractivity contribution in [3.8, 4) is 5.75 Å². The Morgan fingerprint density at radius 3 is 2.56 bits per heavy atom. The van der Waals surface area contributed by atoms with Gasteiger partial charge in [0.25, 0.3) is 5.56 Å². The SMILES string of the molecule is COc1cccc(Cn2c(=O)c3sccc3n(CC(=O)Nc3cccc(C(F)(F)F)c3)c2=O)c1. The number of carbonyl (C=O) groups excluding carboxylic acids is 1. The number of nitrogens with one attached hydrogen (secondary N) is 1. The second kappa shape index (κ2) is 9.18. The van der Waals surface area contributed by atoms with Gasteiger partial charge in [-0.3, -0.25) is 18.7 Å². The topological polar surface area (TPSA) is 82.3 Å². The highest BCUT2D eigenvalue weighted by Crippen LogP contribution is 2.30. The average Bonchev–Trinajstić information content (AvgIpc) is 3.29. The molecule has 2 aromatic heterocycles. The van der Waals surface area contributed by atoms with E-state index in [0.29, 0.717) is 11.3 Å². The number of hydrogen-bond acceptors (Lipinski definition) is 5. The normalized spacial score (nSPS) is 11.5. The first-order valence-electron chi connectivity index (χ1n) is 9.98. The summed E-state index contributed by atoms with van der Waals surface area (Å²) in [5.41, 5.74) is -1.24. The second-order valence-electron chi connectivity index (χ2n) is 7.37. The van der Waals surface area contributed by atoms with Crippen LogP contribution < -0.4 is 21.3 Å². The molecule has 1 N–H and O–H groups in total. The molecule has 0 radical (unpaired) electrons. The Balaban J connectivity index is 1.68. The minimum atomic E-state index is -4.56. The molecule has 0 aliphatic rings. The number of ether oxygens (including phenoxy) is 1. The van der Waals surface area contributed by atoms with Crippen molar-refractivity contribution in [3.05, 3.63) is 91.9 Å². The van der Waals surface area contributed by atoms with Crippen molar-refractivity contribution in [1.29, 1.82) is 0 Å². The average molecular weight is 489 g/mol. The lowest BCUT2D eigenvalue weighted by atomic mass is 10.2. The fourth-order valence-corrected chi connectivity index (χ4v) is 4.34. The summed E-state index contributed by atoms with van der Waals surface area (Å²) >= 11 is 1.13. The number of methoxy groups -OCH3 is 1. The molecule has 2 aromatic carbocycles. The van der Waals surface area contributed by atoms with Crippen LogP contribution in [0.2, 0.25) is 0 Å². The number of rotatable bonds is 6. The highest BCUT2D eigenvalue weighted by Gasteiger charge is 2.30. The molecule has 0 spiro atoms. The first-order chi connectivity index (χ1) is 16.2. The van der Waals surface area contributed by atoms with Crippen molar-refractivity contribution < 1.29 is 22.7 Å². The zero-order valence-corrected chi connectivity index (χ0v) is 18.6. The van der Waals surface area contributed by atoms with E-state index in [1.807, 2.05) is 0 Å². The fourth-order valence-electron chi connectivity index (χ4n) is 3.50. The number of anilines is 1. The van der Waals surface area contributed by atoms with Crippen LogP contribution in [0.15, 0.2) is 69.6 Å². The van der Waals surface area contributed by atoms with Gasteiger partial charge in [0.2, 0.25) is 5.91 Å². The number of hydrogen-bond donors (Lipinski definition) is 1. The van der Waals surface area contributed by atoms with Gasteiger partial charge in [0, 0.05) is 5.69 Å². The molecule has 0 saturated heterocycles. The fraction of sp³-hybridized carbons (Fsp3) is 0.174. The quantitative estimate of drug-likeness (QED) is 0.445. The van der Waals surface area contributed by atoms with Gasteiger partial charge in [-0.05, 0) is 47.3 Å². The maximum atomic E-state index is 13.2. The predicted molar refractivity (Wildman–Crippen MR) is 123 cm³/mol. The molecule has 0 saturated carbocycles. The van der Waals surface area contributed by atoms with Crippen LogP contribution >= 0.6 is 11.3 Å². The summed E-state index contributed by atoms with van der Waals surface area (Å²) in [5, 5.41) is 4.01. The number of aromatic nitrogens is 2. The van der Waals surface area contributed by atoms with Gasteiger partial charge in [0.05, 0.1) is 24.7 Å².